The van der Waals surface area contributed by atoms with Crippen molar-refractivity contribution >= 4 is 5.65 Å². The van der Waals surface area contributed by atoms with Crippen LogP contribution >= 0.6 is 0 Å². The van der Waals surface area contributed by atoms with Gasteiger partial charge in [-0.3, -0.25) is 9.20 Å². The van der Waals surface area contributed by atoms with E-state index in [0.717, 1.165) is 18.7 Å². The van der Waals surface area contributed by atoms with Gasteiger partial charge in [-0.25, -0.2) is 4.98 Å². The first-order chi connectivity index (χ1) is 8.66. The molecule has 0 atom stereocenters. The Morgan fingerprint density at radius 1 is 1.39 bits per heavy atom. The fourth-order valence-electron chi connectivity index (χ4n) is 1.80. The van der Waals surface area contributed by atoms with E-state index in [1.165, 1.54) is 0 Å². The number of fused-ring (bicyclic) bond motifs is 1. The van der Waals surface area contributed by atoms with Crippen molar-refractivity contribution in [3.05, 3.63) is 46.5 Å². The van der Waals surface area contributed by atoms with Gasteiger partial charge >= 0.3 is 0 Å². The lowest BCUT2D eigenvalue weighted by molar-refractivity contribution is 0.535. The Bertz CT molecular complexity index is 575. The summed E-state index contributed by atoms with van der Waals surface area (Å²) < 4.78 is 1.55. The number of nitrogens with one attached hydrogen (secondary N) is 1. The van der Waals surface area contributed by atoms with Gasteiger partial charge in [0, 0.05) is 18.8 Å². The van der Waals surface area contributed by atoms with Gasteiger partial charge in [0.1, 0.15) is 5.65 Å². The van der Waals surface area contributed by atoms with Crippen LogP contribution in [0.2, 0.25) is 0 Å². The molecule has 4 nitrogen and oxygen atoms in total. The largest absolute Gasteiger partial charge is 0.311 e. The fraction of sp³-hybridized carbons (Fsp3) is 0.429. The molecule has 0 spiro atoms. The summed E-state index contributed by atoms with van der Waals surface area (Å²) in [6, 6.07) is 7.16. The van der Waals surface area contributed by atoms with Crippen LogP contribution in [0.5, 0.6) is 0 Å². The van der Waals surface area contributed by atoms with Gasteiger partial charge in [0.15, 0.2) is 0 Å². The summed E-state index contributed by atoms with van der Waals surface area (Å²) in [5.74, 6) is 0.688. The van der Waals surface area contributed by atoms with Crippen LogP contribution in [0.25, 0.3) is 5.65 Å². The second-order valence-electron chi connectivity index (χ2n) is 4.87. The minimum atomic E-state index is -0.0266. The number of nitrogens with zero attached hydrogens (tertiary/aromatic N) is 2. The van der Waals surface area contributed by atoms with Crippen LogP contribution in [0.3, 0.4) is 0 Å². The summed E-state index contributed by atoms with van der Waals surface area (Å²) in [5, 5.41) is 3.31. The van der Waals surface area contributed by atoms with Crippen LogP contribution in [0.4, 0.5) is 0 Å². The van der Waals surface area contributed by atoms with Gasteiger partial charge in [-0.1, -0.05) is 19.9 Å². The first kappa shape index (κ1) is 12.8. The predicted molar refractivity (Wildman–Crippen MR) is 72.6 cm³/mol. The Labute approximate surface area is 107 Å². The van der Waals surface area contributed by atoms with E-state index in [4.69, 9.17) is 0 Å². The lowest BCUT2D eigenvalue weighted by Crippen LogP contribution is -2.21. The molecule has 0 aliphatic heterocycles. The third kappa shape index (κ3) is 3.17. The Balaban J connectivity index is 2.08. The highest BCUT2D eigenvalue weighted by atomic mass is 16.1. The lowest BCUT2D eigenvalue weighted by atomic mass is 10.1. The monoisotopic (exact) mass is 245 g/mol. The average molecular weight is 245 g/mol. The van der Waals surface area contributed by atoms with E-state index in [2.05, 4.69) is 24.1 Å². The van der Waals surface area contributed by atoms with E-state index >= 15 is 0 Å². The minimum absolute atomic E-state index is 0.0266. The molecular formula is C14H19N3O. The Kier molecular flexibility index (Phi) is 4.10. The molecule has 18 heavy (non-hydrogen) atoms. The average Bonchev–Trinajstić information content (AvgIpc) is 2.35. The SMILES string of the molecule is CC(C)CCNCc1cc(=O)n2ccccc2n1. The van der Waals surface area contributed by atoms with Gasteiger partial charge in [0.2, 0.25) is 0 Å². The van der Waals surface area contributed by atoms with Gasteiger partial charge in [-0.15, -0.1) is 0 Å². The summed E-state index contributed by atoms with van der Waals surface area (Å²) in [5.41, 5.74) is 1.47. The highest BCUT2D eigenvalue weighted by Gasteiger charge is 2.01. The van der Waals surface area contributed by atoms with Gasteiger partial charge < -0.3 is 5.32 Å². The molecule has 1 N–H and O–H groups in total. The molecule has 2 aromatic heterocycles. The predicted octanol–water partition coefficient (Wildman–Crippen LogP) is 1.83. The topological polar surface area (TPSA) is 46.4 Å². The van der Waals surface area contributed by atoms with E-state index in [-0.39, 0.29) is 5.56 Å². The molecule has 0 saturated carbocycles. The summed E-state index contributed by atoms with van der Waals surface area (Å²) in [6.45, 7) is 5.99. The zero-order valence-electron chi connectivity index (χ0n) is 10.9. The van der Waals surface area contributed by atoms with Gasteiger partial charge in [-0.2, -0.15) is 0 Å². The third-order valence-corrected chi connectivity index (χ3v) is 2.83. The first-order valence-corrected chi connectivity index (χ1v) is 6.35. The van der Waals surface area contributed by atoms with Crippen molar-refractivity contribution < 1.29 is 0 Å². The van der Waals surface area contributed by atoms with Gasteiger partial charge in [0.25, 0.3) is 5.56 Å². The maximum Gasteiger partial charge on any atom is 0.258 e. The molecular weight excluding hydrogens is 226 g/mol. The Hall–Kier alpha value is -1.68. The molecule has 2 rings (SSSR count). The number of aromatic nitrogens is 2. The number of pyridine rings is 1. The normalized spacial score (nSPS) is 11.3. The molecule has 0 aliphatic carbocycles. The van der Waals surface area contributed by atoms with E-state index in [9.17, 15) is 4.79 Å². The molecule has 0 fully saturated rings. The van der Waals surface area contributed by atoms with E-state index in [1.54, 1.807) is 16.7 Å². The molecule has 0 saturated heterocycles. The molecule has 0 unspecified atom stereocenters. The molecule has 0 bridgehead atoms. The summed E-state index contributed by atoms with van der Waals surface area (Å²) in [7, 11) is 0. The number of hydrogen-bond donors (Lipinski definition) is 1. The van der Waals surface area contributed by atoms with Crippen LogP contribution in [-0.4, -0.2) is 15.9 Å². The molecule has 2 heterocycles. The third-order valence-electron chi connectivity index (χ3n) is 2.83. The van der Waals surface area contributed by atoms with Crippen LogP contribution in [0.1, 0.15) is 26.0 Å². The molecule has 0 aliphatic rings. The molecule has 2 aromatic rings. The second-order valence-corrected chi connectivity index (χ2v) is 4.87. The van der Waals surface area contributed by atoms with Gasteiger partial charge in [-0.05, 0) is 31.0 Å². The Morgan fingerprint density at radius 3 is 3.00 bits per heavy atom. The van der Waals surface area contributed by atoms with Crippen LogP contribution in [-0.2, 0) is 6.54 Å². The van der Waals surface area contributed by atoms with E-state index < -0.39 is 0 Å². The van der Waals surface area contributed by atoms with Crippen LogP contribution < -0.4 is 10.9 Å². The van der Waals surface area contributed by atoms with Crippen molar-refractivity contribution in [3.63, 3.8) is 0 Å². The quantitative estimate of drug-likeness (QED) is 0.817. The first-order valence-electron chi connectivity index (χ1n) is 6.35. The van der Waals surface area contributed by atoms with Crippen molar-refractivity contribution in [2.45, 2.75) is 26.8 Å². The fourth-order valence-corrected chi connectivity index (χ4v) is 1.80. The standard InChI is InChI=1S/C14H19N3O/c1-11(2)6-7-15-10-12-9-14(18)17-8-4-3-5-13(17)16-12/h3-5,8-9,11,15H,6-7,10H2,1-2H3. The lowest BCUT2D eigenvalue weighted by Gasteiger charge is -2.07. The summed E-state index contributed by atoms with van der Waals surface area (Å²) >= 11 is 0. The molecule has 0 aromatic carbocycles. The van der Waals surface area contributed by atoms with Crippen molar-refractivity contribution in [3.8, 4) is 0 Å². The van der Waals surface area contributed by atoms with Crippen molar-refractivity contribution in [2.24, 2.45) is 5.92 Å². The minimum Gasteiger partial charge on any atom is -0.311 e. The van der Waals surface area contributed by atoms with Crippen molar-refractivity contribution in [1.29, 1.82) is 0 Å². The number of rotatable bonds is 5. The zero-order valence-corrected chi connectivity index (χ0v) is 10.9. The molecule has 96 valence electrons. The molecule has 4 heteroatoms. The summed E-state index contributed by atoms with van der Waals surface area (Å²) in [4.78, 5) is 16.3. The van der Waals surface area contributed by atoms with Crippen molar-refractivity contribution in [2.75, 3.05) is 6.54 Å². The molecule has 0 radical (unpaired) electrons. The smallest absolute Gasteiger partial charge is 0.258 e. The molecule has 0 amide bonds. The zero-order chi connectivity index (χ0) is 13.0. The Morgan fingerprint density at radius 2 is 2.22 bits per heavy atom. The highest BCUT2D eigenvalue weighted by molar-refractivity contribution is 5.37. The van der Waals surface area contributed by atoms with Crippen LogP contribution in [0, 0.1) is 5.92 Å². The van der Waals surface area contributed by atoms with Gasteiger partial charge in [0.05, 0.1) is 5.69 Å². The maximum atomic E-state index is 11.8. The summed E-state index contributed by atoms with van der Waals surface area (Å²) in [6.07, 6.45) is 2.87. The van der Waals surface area contributed by atoms with E-state index in [0.29, 0.717) is 18.1 Å². The van der Waals surface area contributed by atoms with Crippen LogP contribution in [0.15, 0.2) is 35.3 Å². The number of hydrogen-bond acceptors (Lipinski definition) is 3. The second kappa shape index (κ2) is 5.78. The van der Waals surface area contributed by atoms with Crippen molar-refractivity contribution in [1.82, 2.24) is 14.7 Å². The maximum absolute atomic E-state index is 11.8. The van der Waals surface area contributed by atoms with E-state index in [1.807, 2.05) is 18.2 Å². The highest BCUT2D eigenvalue weighted by Crippen LogP contribution is 2.00.